The normalized spacial score (nSPS) is 10.3. The van der Waals surface area contributed by atoms with Crippen LogP contribution in [0.2, 0.25) is 10.0 Å². The van der Waals surface area contributed by atoms with Gasteiger partial charge >= 0.3 is 0 Å². The van der Waals surface area contributed by atoms with E-state index in [1.165, 1.54) is 18.2 Å². The third kappa shape index (κ3) is 6.09. The molecular weight excluding hydrogens is 409 g/mol. The molecule has 0 saturated carbocycles. The van der Waals surface area contributed by atoms with E-state index < -0.39 is 11.8 Å². The van der Waals surface area contributed by atoms with Gasteiger partial charge in [0.25, 0.3) is 11.8 Å². The third-order valence-electron chi connectivity index (χ3n) is 3.19. The van der Waals surface area contributed by atoms with E-state index in [4.69, 9.17) is 40.2 Å². The summed E-state index contributed by atoms with van der Waals surface area (Å²) in [4.78, 5) is 24.5. The van der Waals surface area contributed by atoms with Crippen molar-refractivity contribution >= 4 is 52.3 Å². The minimum absolute atomic E-state index is 0.0854. The molecule has 6 nitrogen and oxygen atoms in total. The number of hydrogen-bond acceptors (Lipinski definition) is 4. The second-order valence-corrected chi connectivity index (χ2v) is 6.90. The molecule has 9 heteroatoms. The van der Waals surface area contributed by atoms with Gasteiger partial charge in [-0.2, -0.15) is 0 Å². The minimum Gasteiger partial charge on any atom is -0.490 e. The summed E-state index contributed by atoms with van der Waals surface area (Å²) in [5.41, 5.74) is 5.34. The number of carbonyl (C=O) groups is 2. The van der Waals surface area contributed by atoms with Crippen LogP contribution in [0.4, 0.5) is 0 Å². The number of para-hydroxylation sites is 1. The lowest BCUT2D eigenvalue weighted by Crippen LogP contribution is -2.48. The molecule has 0 spiro atoms. The summed E-state index contributed by atoms with van der Waals surface area (Å²) >= 11 is 16.8. The lowest BCUT2D eigenvalue weighted by atomic mass is 10.2. The number of nitrogens with one attached hydrogen (secondary N) is 3. The quantitative estimate of drug-likeness (QED) is 0.513. The zero-order valence-electron chi connectivity index (χ0n) is 14.5. The smallest absolute Gasteiger partial charge is 0.271 e. The summed E-state index contributed by atoms with van der Waals surface area (Å²) in [5.74, 6) is -0.566. The number of hydrazine groups is 1. The van der Waals surface area contributed by atoms with Gasteiger partial charge in [0, 0.05) is 5.02 Å². The van der Waals surface area contributed by atoms with Crippen molar-refractivity contribution in [1.82, 2.24) is 16.2 Å². The van der Waals surface area contributed by atoms with Crippen LogP contribution in [0.15, 0.2) is 42.5 Å². The molecule has 0 radical (unpaired) electrons. The Morgan fingerprint density at radius 2 is 1.70 bits per heavy atom. The maximum absolute atomic E-state index is 12.4. The Balaban J connectivity index is 1.96. The molecule has 0 aliphatic heterocycles. The molecule has 3 N–H and O–H groups in total. The van der Waals surface area contributed by atoms with E-state index in [-0.39, 0.29) is 21.8 Å². The van der Waals surface area contributed by atoms with Crippen LogP contribution in [0.5, 0.6) is 5.75 Å². The standard InChI is InChI=1S/C18H17Cl2N3O3S/c1-10(2)26-15-6-4-3-5-13(15)16(24)21-18(27)23-22-17(25)12-8-7-11(19)9-14(12)20/h3-10H,1-2H3,(H,22,25)(H2,21,23,24,27). The van der Waals surface area contributed by atoms with E-state index in [1.807, 2.05) is 13.8 Å². The Labute approximate surface area is 172 Å². The molecule has 2 amide bonds. The van der Waals surface area contributed by atoms with Crippen LogP contribution in [0.1, 0.15) is 34.6 Å². The molecule has 2 aromatic rings. The molecule has 0 atom stereocenters. The zero-order valence-corrected chi connectivity index (χ0v) is 16.8. The molecule has 142 valence electrons. The van der Waals surface area contributed by atoms with Crippen LogP contribution >= 0.6 is 35.4 Å². The van der Waals surface area contributed by atoms with Gasteiger partial charge in [-0.15, -0.1) is 0 Å². The van der Waals surface area contributed by atoms with E-state index in [2.05, 4.69) is 16.2 Å². The van der Waals surface area contributed by atoms with Gasteiger partial charge in [0.15, 0.2) is 5.11 Å². The highest BCUT2D eigenvalue weighted by molar-refractivity contribution is 7.80. The summed E-state index contributed by atoms with van der Waals surface area (Å²) in [5, 5.41) is 2.99. The zero-order chi connectivity index (χ0) is 20.0. The largest absolute Gasteiger partial charge is 0.490 e. The monoisotopic (exact) mass is 425 g/mol. The molecule has 0 bridgehead atoms. The van der Waals surface area contributed by atoms with Crippen LogP contribution in [0, 0.1) is 0 Å². The molecule has 2 rings (SSSR count). The first-order valence-electron chi connectivity index (χ1n) is 7.90. The maximum atomic E-state index is 12.4. The predicted octanol–water partition coefficient (Wildman–Crippen LogP) is 3.73. The second-order valence-electron chi connectivity index (χ2n) is 5.65. The number of carbonyl (C=O) groups excluding carboxylic acids is 2. The van der Waals surface area contributed by atoms with Crippen LogP contribution in [0.25, 0.3) is 0 Å². The molecule has 0 aliphatic carbocycles. The van der Waals surface area contributed by atoms with E-state index in [9.17, 15) is 9.59 Å². The summed E-state index contributed by atoms with van der Waals surface area (Å²) in [7, 11) is 0. The lowest BCUT2D eigenvalue weighted by Gasteiger charge is -2.15. The maximum Gasteiger partial charge on any atom is 0.271 e. The van der Waals surface area contributed by atoms with Crippen molar-refractivity contribution in [3.63, 3.8) is 0 Å². The molecule has 0 saturated heterocycles. The second kappa shape index (κ2) is 9.55. The molecule has 0 aliphatic rings. The van der Waals surface area contributed by atoms with E-state index in [1.54, 1.807) is 24.3 Å². The fourth-order valence-electron chi connectivity index (χ4n) is 2.07. The van der Waals surface area contributed by atoms with Crippen molar-refractivity contribution < 1.29 is 14.3 Å². The first kappa shape index (κ1) is 21.0. The number of hydrogen-bond donors (Lipinski definition) is 3. The average molecular weight is 426 g/mol. The summed E-state index contributed by atoms with van der Waals surface area (Å²) in [6.45, 7) is 3.72. The van der Waals surface area contributed by atoms with Crippen LogP contribution in [-0.2, 0) is 0 Å². The fourth-order valence-corrected chi connectivity index (χ4v) is 2.71. The Kier molecular flexibility index (Phi) is 7.41. The highest BCUT2D eigenvalue weighted by Crippen LogP contribution is 2.21. The molecular formula is C18H17Cl2N3O3S. The van der Waals surface area contributed by atoms with Gasteiger partial charge in [-0.05, 0) is 56.4 Å². The van der Waals surface area contributed by atoms with Crippen molar-refractivity contribution in [2.75, 3.05) is 0 Å². The Morgan fingerprint density at radius 1 is 1.00 bits per heavy atom. The van der Waals surface area contributed by atoms with Gasteiger partial charge in [0.05, 0.1) is 22.3 Å². The van der Waals surface area contributed by atoms with Gasteiger partial charge in [-0.25, -0.2) is 0 Å². The lowest BCUT2D eigenvalue weighted by molar-refractivity contribution is 0.0933. The van der Waals surface area contributed by atoms with Crippen LogP contribution in [0.3, 0.4) is 0 Å². The third-order valence-corrected chi connectivity index (χ3v) is 3.94. The number of thiocarbonyl (C=S) groups is 1. The topological polar surface area (TPSA) is 79.5 Å². The van der Waals surface area contributed by atoms with Crippen molar-refractivity contribution in [2.45, 2.75) is 20.0 Å². The van der Waals surface area contributed by atoms with Crippen LogP contribution in [-0.4, -0.2) is 23.0 Å². The van der Waals surface area contributed by atoms with E-state index in [0.29, 0.717) is 16.3 Å². The van der Waals surface area contributed by atoms with Crippen molar-refractivity contribution in [3.8, 4) is 5.75 Å². The molecule has 0 fully saturated rings. The first-order valence-corrected chi connectivity index (χ1v) is 9.06. The summed E-state index contributed by atoms with van der Waals surface area (Å²) < 4.78 is 5.61. The van der Waals surface area contributed by atoms with Crippen LogP contribution < -0.4 is 20.9 Å². The Hall–Kier alpha value is -2.35. The number of benzene rings is 2. The number of rotatable bonds is 4. The van der Waals surface area contributed by atoms with Gasteiger partial charge < -0.3 is 4.74 Å². The minimum atomic E-state index is -0.531. The van der Waals surface area contributed by atoms with E-state index in [0.717, 1.165) is 0 Å². The fraction of sp³-hybridized carbons (Fsp3) is 0.167. The highest BCUT2D eigenvalue weighted by atomic mass is 35.5. The number of ether oxygens (including phenoxy) is 1. The van der Waals surface area contributed by atoms with Crippen molar-refractivity contribution in [3.05, 3.63) is 63.6 Å². The Bertz CT molecular complexity index is 875. The van der Waals surface area contributed by atoms with Crippen molar-refractivity contribution in [1.29, 1.82) is 0 Å². The number of halogens is 2. The predicted molar refractivity (Wildman–Crippen MR) is 109 cm³/mol. The molecule has 27 heavy (non-hydrogen) atoms. The number of amides is 2. The molecule has 0 aromatic heterocycles. The van der Waals surface area contributed by atoms with Gasteiger partial charge in [0.2, 0.25) is 0 Å². The SMILES string of the molecule is CC(C)Oc1ccccc1C(=O)NC(=S)NNC(=O)c1ccc(Cl)cc1Cl. The van der Waals surface area contributed by atoms with Gasteiger partial charge in [-0.3, -0.25) is 25.8 Å². The molecule has 2 aromatic carbocycles. The van der Waals surface area contributed by atoms with Gasteiger partial charge in [0.1, 0.15) is 5.75 Å². The first-order chi connectivity index (χ1) is 12.8. The molecule has 0 unspecified atom stereocenters. The van der Waals surface area contributed by atoms with Gasteiger partial charge in [-0.1, -0.05) is 35.3 Å². The summed E-state index contributed by atoms with van der Waals surface area (Å²) in [6.07, 6.45) is -0.0903. The highest BCUT2D eigenvalue weighted by Gasteiger charge is 2.15. The average Bonchev–Trinajstić information content (AvgIpc) is 2.59. The summed E-state index contributed by atoms with van der Waals surface area (Å²) in [6, 6.07) is 11.2. The van der Waals surface area contributed by atoms with E-state index >= 15 is 0 Å². The van der Waals surface area contributed by atoms with Crippen molar-refractivity contribution in [2.24, 2.45) is 0 Å². The molecule has 0 heterocycles. The Morgan fingerprint density at radius 3 is 2.37 bits per heavy atom.